The summed E-state index contributed by atoms with van der Waals surface area (Å²) < 4.78 is 23.3. The summed E-state index contributed by atoms with van der Waals surface area (Å²) in [5, 5.41) is 8.22. The Labute approximate surface area is 55.6 Å². The lowest BCUT2D eigenvalue weighted by Crippen LogP contribution is -2.19. The van der Waals surface area contributed by atoms with Gasteiger partial charge < -0.3 is 0 Å². The maximum atomic E-state index is 12.4. The lowest BCUT2D eigenvalue weighted by Gasteiger charge is -2.27. The summed E-state index contributed by atoms with van der Waals surface area (Å²) >= 11 is 0. The fourth-order valence-electron chi connectivity index (χ4n) is 0.0801. The van der Waals surface area contributed by atoms with E-state index in [1.54, 1.807) is 6.07 Å². The Morgan fingerprint density at radius 2 is 1.78 bits per heavy atom. The molecule has 4 heteroatoms. The lowest BCUT2D eigenvalue weighted by molar-refractivity contribution is 0.688. The van der Waals surface area contributed by atoms with Gasteiger partial charge in [0.1, 0.15) is 4.75 Å². The smallest absolute Gasteiger partial charge is 0.134 e. The van der Waals surface area contributed by atoms with Gasteiger partial charge in [-0.2, -0.15) is 13.0 Å². The molecular weight excluding hydrogens is 144 g/mol. The first-order valence-electron chi connectivity index (χ1n) is 2.39. The Morgan fingerprint density at radius 3 is 1.78 bits per heavy atom. The second-order valence-electron chi connectivity index (χ2n) is 2.35. The normalized spacial score (nSPS) is 14.7. The van der Waals surface area contributed by atoms with Crippen LogP contribution in [-0.4, -0.2) is 11.0 Å². The quantitative estimate of drug-likeness (QED) is 0.567. The van der Waals surface area contributed by atoms with Crippen molar-refractivity contribution in [1.29, 1.82) is 5.26 Å². The first-order valence-corrected chi connectivity index (χ1v) is 4.24. The molecule has 0 saturated carbocycles. The molecule has 0 aliphatic rings. The number of hydrogen-bond donors (Lipinski definition) is 0. The van der Waals surface area contributed by atoms with Crippen LogP contribution in [0.15, 0.2) is 0 Å². The van der Waals surface area contributed by atoms with Gasteiger partial charge in [0.25, 0.3) is 0 Å². The average molecular weight is 153 g/mol. The Morgan fingerprint density at radius 1 is 1.44 bits per heavy atom. The molecule has 0 heterocycles. The highest BCUT2D eigenvalue weighted by molar-refractivity contribution is 8.26. The molecule has 0 N–H and O–H groups in total. The van der Waals surface area contributed by atoms with E-state index in [4.69, 9.17) is 5.26 Å². The summed E-state index contributed by atoms with van der Waals surface area (Å²) in [6.45, 7) is 2.50. The Balaban J connectivity index is 4.39. The van der Waals surface area contributed by atoms with Gasteiger partial charge in [-0.1, -0.05) is 0 Å². The van der Waals surface area contributed by atoms with E-state index in [1.165, 1.54) is 13.8 Å². The summed E-state index contributed by atoms with van der Waals surface area (Å²) in [4.78, 5) is 0. The van der Waals surface area contributed by atoms with Gasteiger partial charge >= 0.3 is 0 Å². The van der Waals surface area contributed by atoms with Crippen molar-refractivity contribution in [2.45, 2.75) is 18.6 Å². The number of nitrogens with zero attached hydrogens (tertiary/aromatic N) is 1. The van der Waals surface area contributed by atoms with Crippen molar-refractivity contribution in [3.05, 3.63) is 0 Å². The molecule has 0 rings (SSSR count). The topological polar surface area (TPSA) is 23.8 Å². The van der Waals surface area contributed by atoms with Gasteiger partial charge in [-0.25, -0.2) is 0 Å². The third kappa shape index (κ3) is 1.83. The molecule has 0 saturated heterocycles. The van der Waals surface area contributed by atoms with Gasteiger partial charge in [0.05, 0.1) is 16.9 Å². The molecule has 0 unspecified atom stereocenters. The fourth-order valence-corrected chi connectivity index (χ4v) is 0.240. The molecule has 0 aromatic rings. The summed E-state index contributed by atoms with van der Waals surface area (Å²) in [6, 6.07) is 1.57. The van der Waals surface area contributed by atoms with Crippen molar-refractivity contribution in [3.63, 3.8) is 0 Å². The van der Waals surface area contributed by atoms with Crippen molar-refractivity contribution in [1.82, 2.24) is 0 Å². The zero-order valence-corrected chi connectivity index (χ0v) is 6.43. The molecule has 0 aromatic carbocycles. The van der Waals surface area contributed by atoms with Gasteiger partial charge in [0.2, 0.25) is 0 Å². The van der Waals surface area contributed by atoms with Crippen molar-refractivity contribution < 1.29 is 7.77 Å². The van der Waals surface area contributed by atoms with Crippen molar-refractivity contribution in [2.24, 2.45) is 0 Å². The van der Waals surface area contributed by atoms with Gasteiger partial charge in [0, 0.05) is 6.26 Å². The lowest BCUT2D eigenvalue weighted by atomic mass is 10.2. The van der Waals surface area contributed by atoms with Crippen molar-refractivity contribution in [3.8, 4) is 6.07 Å². The van der Waals surface area contributed by atoms with Crippen LogP contribution in [0.2, 0.25) is 0 Å². The van der Waals surface area contributed by atoms with Gasteiger partial charge in [-0.05, 0) is 13.8 Å². The molecule has 0 atom stereocenters. The largest absolute Gasteiger partial charge is 0.197 e. The fraction of sp³-hybridized carbons (Fsp3) is 0.800. The first kappa shape index (κ1) is 8.70. The molecule has 1 nitrogen and oxygen atoms in total. The number of hydrogen-bond acceptors (Lipinski definition) is 1. The van der Waals surface area contributed by atoms with E-state index in [0.29, 0.717) is 0 Å². The van der Waals surface area contributed by atoms with Gasteiger partial charge in [-0.15, -0.1) is 0 Å². The highest BCUT2D eigenvalue weighted by Crippen LogP contribution is 2.58. The van der Waals surface area contributed by atoms with Gasteiger partial charge in [0.15, 0.2) is 0 Å². The first-order chi connectivity index (χ1) is 3.81. The highest BCUT2D eigenvalue weighted by Gasteiger charge is 2.37. The molecule has 0 aromatic heterocycles. The van der Waals surface area contributed by atoms with E-state index in [0.717, 1.165) is 6.26 Å². The highest BCUT2D eigenvalue weighted by atomic mass is 32.3. The van der Waals surface area contributed by atoms with E-state index < -0.39 is 15.5 Å². The molecular formula is C5H9F2NS. The Hall–Kier alpha value is -0.300. The van der Waals surface area contributed by atoms with E-state index in [1.807, 2.05) is 0 Å². The summed E-state index contributed by atoms with van der Waals surface area (Å²) in [6.07, 6.45) is 0.830. The zero-order chi connectivity index (χ0) is 7.71. The molecule has 9 heavy (non-hydrogen) atoms. The van der Waals surface area contributed by atoms with Crippen LogP contribution in [0.25, 0.3) is 0 Å². The summed E-state index contributed by atoms with van der Waals surface area (Å²) in [5.74, 6) is 0. The second-order valence-corrected chi connectivity index (χ2v) is 4.82. The molecule has 0 radical (unpaired) electrons. The Bertz CT molecular complexity index is 142. The summed E-state index contributed by atoms with van der Waals surface area (Å²) in [7, 11) is -3.71. The van der Waals surface area contributed by atoms with Crippen LogP contribution in [0, 0.1) is 11.3 Å². The van der Waals surface area contributed by atoms with Crippen LogP contribution >= 0.6 is 10.8 Å². The van der Waals surface area contributed by atoms with E-state index in [9.17, 15) is 7.77 Å². The van der Waals surface area contributed by atoms with Crippen LogP contribution in [0.4, 0.5) is 7.77 Å². The average Bonchev–Trinajstić information content (AvgIpc) is 1.64. The van der Waals surface area contributed by atoms with Crippen LogP contribution in [0.5, 0.6) is 0 Å². The van der Waals surface area contributed by atoms with Crippen LogP contribution in [-0.2, 0) is 0 Å². The van der Waals surface area contributed by atoms with E-state index >= 15 is 0 Å². The predicted octanol–water partition coefficient (Wildman–Crippen LogP) is 2.49. The molecule has 0 fully saturated rings. The number of rotatable bonds is 1. The van der Waals surface area contributed by atoms with Gasteiger partial charge in [-0.3, -0.25) is 0 Å². The zero-order valence-electron chi connectivity index (χ0n) is 5.61. The molecule has 0 aliphatic carbocycles. The van der Waals surface area contributed by atoms with E-state index in [-0.39, 0.29) is 0 Å². The maximum absolute atomic E-state index is 12.4. The van der Waals surface area contributed by atoms with Crippen LogP contribution in [0.3, 0.4) is 0 Å². The van der Waals surface area contributed by atoms with Crippen LogP contribution in [0.1, 0.15) is 13.8 Å². The van der Waals surface area contributed by atoms with E-state index in [2.05, 4.69) is 0 Å². The third-order valence-corrected chi connectivity index (χ3v) is 3.05. The standard InChI is InChI=1S/C5H9F2NS/c1-5(2,4-8)9(3,6)7/h1-3H3. The molecule has 0 spiro atoms. The third-order valence-electron chi connectivity index (χ3n) is 1.17. The Kier molecular flexibility index (Phi) is 2.07. The molecule has 54 valence electrons. The monoisotopic (exact) mass is 153 g/mol. The minimum atomic E-state index is -3.71. The minimum Gasteiger partial charge on any atom is -0.197 e. The summed E-state index contributed by atoms with van der Waals surface area (Å²) in [5.41, 5.74) is 0. The number of nitriles is 1. The maximum Gasteiger partial charge on any atom is 0.134 e. The predicted molar refractivity (Wildman–Crippen MR) is 35.4 cm³/mol. The minimum absolute atomic E-state index is 0.830. The van der Waals surface area contributed by atoms with Crippen molar-refractivity contribution in [2.75, 3.05) is 6.26 Å². The van der Waals surface area contributed by atoms with Crippen molar-refractivity contribution >= 4 is 10.8 Å². The van der Waals surface area contributed by atoms with Crippen LogP contribution < -0.4 is 0 Å². The molecule has 0 aliphatic heterocycles. The number of halogens is 2. The molecule has 0 bridgehead atoms. The SMILES string of the molecule is CC(C)(C#N)S(C)(F)F. The molecule has 0 amide bonds. The second kappa shape index (κ2) is 2.14.